The van der Waals surface area contributed by atoms with E-state index >= 15 is 0 Å². The number of halogens is 2. The lowest BCUT2D eigenvalue weighted by molar-refractivity contribution is 0.112. The lowest BCUT2D eigenvalue weighted by Gasteiger charge is -2.09. The first-order chi connectivity index (χ1) is 8.08. The van der Waals surface area contributed by atoms with Crippen LogP contribution in [0.5, 0.6) is 0 Å². The van der Waals surface area contributed by atoms with Crippen LogP contribution in [0.4, 0.5) is 8.78 Å². The highest BCUT2D eigenvalue weighted by molar-refractivity contribution is 5.39. The highest BCUT2D eigenvalue weighted by Crippen LogP contribution is 2.56. The van der Waals surface area contributed by atoms with Gasteiger partial charge in [0.05, 0.1) is 5.92 Å². The summed E-state index contributed by atoms with van der Waals surface area (Å²) in [5.41, 5.74) is 3.11. The SMILES string of the molecule is CC.CCc1ccc(CC)c(C2CC2(F)F)c1. The molecule has 2 rings (SSSR count). The summed E-state index contributed by atoms with van der Waals surface area (Å²) in [7, 11) is 0. The zero-order valence-electron chi connectivity index (χ0n) is 11.2. The Morgan fingerprint density at radius 3 is 2.18 bits per heavy atom. The average molecular weight is 240 g/mol. The van der Waals surface area contributed by atoms with Crippen LogP contribution in [-0.4, -0.2) is 5.92 Å². The van der Waals surface area contributed by atoms with Gasteiger partial charge < -0.3 is 0 Å². The molecule has 1 unspecified atom stereocenters. The molecule has 0 bridgehead atoms. The van der Waals surface area contributed by atoms with Crippen LogP contribution in [0.25, 0.3) is 0 Å². The molecule has 2 heteroatoms. The van der Waals surface area contributed by atoms with E-state index in [1.807, 2.05) is 39.0 Å². The van der Waals surface area contributed by atoms with E-state index in [0.717, 1.165) is 29.5 Å². The third kappa shape index (κ3) is 3.05. The summed E-state index contributed by atoms with van der Waals surface area (Å²) < 4.78 is 26.1. The molecule has 1 fully saturated rings. The first kappa shape index (κ1) is 14.1. The second-order valence-corrected chi connectivity index (χ2v) is 4.26. The Labute approximate surface area is 103 Å². The van der Waals surface area contributed by atoms with Crippen molar-refractivity contribution in [1.82, 2.24) is 0 Å². The molecular weight excluding hydrogens is 218 g/mol. The van der Waals surface area contributed by atoms with Crippen LogP contribution in [0.1, 0.15) is 56.7 Å². The molecule has 0 aromatic heterocycles. The van der Waals surface area contributed by atoms with Crippen LogP contribution in [0.3, 0.4) is 0 Å². The van der Waals surface area contributed by atoms with E-state index in [1.165, 1.54) is 0 Å². The number of aryl methyl sites for hydroxylation is 2. The van der Waals surface area contributed by atoms with Crippen LogP contribution >= 0.6 is 0 Å². The standard InChI is InChI=1S/C13H16F2.C2H6/c1-3-9-5-6-10(4-2)11(7-9)12-8-13(12,14)15;1-2/h5-7,12H,3-4,8H2,1-2H3;1-2H3. The first-order valence-corrected chi connectivity index (χ1v) is 6.58. The van der Waals surface area contributed by atoms with Gasteiger partial charge in [-0.1, -0.05) is 45.9 Å². The Bertz CT molecular complexity index is 369. The van der Waals surface area contributed by atoms with E-state index in [2.05, 4.69) is 6.92 Å². The van der Waals surface area contributed by atoms with Crippen molar-refractivity contribution in [2.45, 2.75) is 58.8 Å². The van der Waals surface area contributed by atoms with Gasteiger partial charge in [-0.05, 0) is 29.5 Å². The van der Waals surface area contributed by atoms with Crippen molar-refractivity contribution in [3.05, 3.63) is 34.9 Å². The van der Waals surface area contributed by atoms with Crippen LogP contribution in [0, 0.1) is 0 Å². The summed E-state index contributed by atoms with van der Waals surface area (Å²) in [6.45, 7) is 8.07. The van der Waals surface area contributed by atoms with Crippen molar-refractivity contribution in [3.63, 3.8) is 0 Å². The summed E-state index contributed by atoms with van der Waals surface area (Å²) in [4.78, 5) is 0. The van der Waals surface area contributed by atoms with Crippen LogP contribution < -0.4 is 0 Å². The Morgan fingerprint density at radius 2 is 1.76 bits per heavy atom. The monoisotopic (exact) mass is 240 g/mol. The lowest BCUT2D eigenvalue weighted by atomic mass is 9.97. The van der Waals surface area contributed by atoms with Crippen molar-refractivity contribution in [1.29, 1.82) is 0 Å². The molecule has 1 atom stereocenters. The Morgan fingerprint density at radius 1 is 1.18 bits per heavy atom. The zero-order chi connectivity index (χ0) is 13.1. The number of hydrogen-bond acceptors (Lipinski definition) is 0. The molecule has 1 aromatic carbocycles. The first-order valence-electron chi connectivity index (χ1n) is 6.58. The van der Waals surface area contributed by atoms with Crippen molar-refractivity contribution >= 4 is 0 Å². The highest BCUT2D eigenvalue weighted by atomic mass is 19.3. The van der Waals surface area contributed by atoms with E-state index < -0.39 is 11.8 Å². The Kier molecular flexibility index (Phi) is 4.67. The molecule has 0 nitrogen and oxygen atoms in total. The van der Waals surface area contributed by atoms with Crippen molar-refractivity contribution in [2.75, 3.05) is 0 Å². The van der Waals surface area contributed by atoms with Gasteiger partial charge in [0, 0.05) is 6.42 Å². The van der Waals surface area contributed by atoms with Crippen LogP contribution in [-0.2, 0) is 12.8 Å². The number of hydrogen-bond donors (Lipinski definition) is 0. The normalized spacial score (nSPS) is 20.5. The Balaban J connectivity index is 0.000000686. The smallest absolute Gasteiger partial charge is 0.206 e. The van der Waals surface area contributed by atoms with E-state index in [9.17, 15) is 8.78 Å². The maximum absolute atomic E-state index is 13.0. The molecule has 0 N–H and O–H groups in total. The fraction of sp³-hybridized carbons (Fsp3) is 0.600. The van der Waals surface area contributed by atoms with Gasteiger partial charge in [0.15, 0.2) is 0 Å². The molecule has 0 heterocycles. The summed E-state index contributed by atoms with van der Waals surface area (Å²) >= 11 is 0. The van der Waals surface area contributed by atoms with Gasteiger partial charge >= 0.3 is 0 Å². The van der Waals surface area contributed by atoms with E-state index in [4.69, 9.17) is 0 Å². The molecule has 0 spiro atoms. The molecule has 17 heavy (non-hydrogen) atoms. The van der Waals surface area contributed by atoms with Gasteiger partial charge in [-0.25, -0.2) is 8.78 Å². The molecule has 1 saturated carbocycles. The second kappa shape index (κ2) is 5.61. The van der Waals surface area contributed by atoms with Crippen molar-refractivity contribution in [3.8, 4) is 0 Å². The van der Waals surface area contributed by atoms with Crippen molar-refractivity contribution < 1.29 is 8.78 Å². The predicted molar refractivity (Wildman–Crippen MR) is 68.9 cm³/mol. The van der Waals surface area contributed by atoms with Gasteiger partial charge in [-0.15, -0.1) is 0 Å². The minimum atomic E-state index is -2.45. The predicted octanol–water partition coefficient (Wildman–Crippen LogP) is 4.96. The summed E-state index contributed by atoms with van der Waals surface area (Å²) in [6, 6.07) is 6.01. The fourth-order valence-corrected chi connectivity index (χ4v) is 2.06. The minimum absolute atomic E-state index is 0.0349. The highest BCUT2D eigenvalue weighted by Gasteiger charge is 2.58. The molecule has 96 valence electrons. The quantitative estimate of drug-likeness (QED) is 0.700. The molecule has 1 aromatic rings. The minimum Gasteiger partial charge on any atom is -0.206 e. The van der Waals surface area contributed by atoms with Crippen LogP contribution in [0.15, 0.2) is 18.2 Å². The van der Waals surface area contributed by atoms with Gasteiger partial charge in [0.1, 0.15) is 0 Å². The van der Waals surface area contributed by atoms with Gasteiger partial charge in [0.2, 0.25) is 0 Å². The van der Waals surface area contributed by atoms with Crippen LogP contribution in [0.2, 0.25) is 0 Å². The molecule has 1 aliphatic rings. The average Bonchev–Trinajstić information content (AvgIpc) is 3.00. The summed E-state index contributed by atoms with van der Waals surface area (Å²) in [6.07, 6.45) is 1.79. The number of rotatable bonds is 3. The molecule has 0 radical (unpaired) electrons. The molecular formula is C15H22F2. The summed E-state index contributed by atoms with van der Waals surface area (Å²) in [5, 5.41) is 0. The largest absolute Gasteiger partial charge is 0.255 e. The van der Waals surface area contributed by atoms with Gasteiger partial charge in [-0.2, -0.15) is 0 Å². The summed E-state index contributed by atoms with van der Waals surface area (Å²) in [5.74, 6) is -2.96. The third-order valence-electron chi connectivity index (χ3n) is 3.20. The number of benzene rings is 1. The van der Waals surface area contributed by atoms with E-state index in [0.29, 0.717) is 0 Å². The molecule has 1 aliphatic carbocycles. The topological polar surface area (TPSA) is 0 Å². The molecule has 0 aliphatic heterocycles. The van der Waals surface area contributed by atoms with E-state index in [1.54, 1.807) is 0 Å². The van der Waals surface area contributed by atoms with Gasteiger partial charge in [0.25, 0.3) is 5.92 Å². The molecule has 0 amide bonds. The second-order valence-electron chi connectivity index (χ2n) is 4.26. The number of alkyl halides is 2. The van der Waals surface area contributed by atoms with Gasteiger partial charge in [-0.3, -0.25) is 0 Å². The Hall–Kier alpha value is -0.920. The maximum atomic E-state index is 13.0. The third-order valence-corrected chi connectivity index (χ3v) is 3.20. The van der Waals surface area contributed by atoms with E-state index in [-0.39, 0.29) is 6.42 Å². The fourth-order valence-electron chi connectivity index (χ4n) is 2.06. The van der Waals surface area contributed by atoms with Crippen molar-refractivity contribution in [2.24, 2.45) is 0 Å². The maximum Gasteiger partial charge on any atom is 0.255 e. The zero-order valence-corrected chi connectivity index (χ0v) is 11.2. The lowest BCUT2D eigenvalue weighted by Crippen LogP contribution is -1.98. The molecule has 0 saturated heterocycles.